The molecule has 0 radical (unpaired) electrons. The Hall–Kier alpha value is -0.0800. The molecular weight excluding hydrogens is 256 g/mol. The fourth-order valence-electron chi connectivity index (χ4n) is 4.52. The Balaban J connectivity index is 1.91. The lowest BCUT2D eigenvalue weighted by atomic mass is 9.68. The van der Waals surface area contributed by atoms with E-state index >= 15 is 0 Å². The molecule has 1 aliphatic carbocycles. The van der Waals surface area contributed by atoms with Crippen molar-refractivity contribution in [3.63, 3.8) is 0 Å². The molecule has 1 saturated carbocycles. The normalized spacial score (nSPS) is 31.6. The van der Waals surface area contributed by atoms with E-state index in [-0.39, 0.29) is 0 Å². The Kier molecular flexibility index (Phi) is 6.55. The minimum atomic E-state index is 0.549. The van der Waals surface area contributed by atoms with Crippen molar-refractivity contribution in [2.45, 2.75) is 91.1 Å². The molecule has 1 saturated heterocycles. The fourth-order valence-corrected chi connectivity index (χ4v) is 4.52. The molecule has 2 aliphatic rings. The maximum atomic E-state index is 3.61. The summed E-state index contributed by atoms with van der Waals surface area (Å²) in [5, 5.41) is 3.61. The lowest BCUT2D eigenvalue weighted by molar-refractivity contribution is 0.0511. The molecule has 1 atom stereocenters. The standard InChI is InChI=1S/C19H38N2/c1-5-14-21(18-8-7-13-20-15-18)17-11-9-16(10-12-17)19(3,4)6-2/h16-18,20H,5-15H2,1-4H3. The first-order valence-corrected chi connectivity index (χ1v) is 9.55. The quantitative estimate of drug-likeness (QED) is 0.779. The summed E-state index contributed by atoms with van der Waals surface area (Å²) in [6.07, 6.45) is 11.2. The van der Waals surface area contributed by atoms with E-state index in [2.05, 4.69) is 37.9 Å². The molecule has 124 valence electrons. The first-order chi connectivity index (χ1) is 10.1. The van der Waals surface area contributed by atoms with E-state index in [0.717, 1.165) is 18.0 Å². The predicted molar refractivity (Wildman–Crippen MR) is 92.7 cm³/mol. The molecule has 2 rings (SSSR count). The third-order valence-corrected chi connectivity index (χ3v) is 6.40. The van der Waals surface area contributed by atoms with Crippen molar-refractivity contribution in [3.8, 4) is 0 Å². The Morgan fingerprint density at radius 2 is 1.71 bits per heavy atom. The van der Waals surface area contributed by atoms with Gasteiger partial charge in [0.15, 0.2) is 0 Å². The number of hydrogen-bond donors (Lipinski definition) is 1. The van der Waals surface area contributed by atoms with E-state index in [1.807, 2.05) is 0 Å². The highest BCUT2D eigenvalue weighted by Gasteiger charge is 2.35. The van der Waals surface area contributed by atoms with Crippen molar-refractivity contribution in [2.75, 3.05) is 19.6 Å². The molecule has 0 aromatic heterocycles. The van der Waals surface area contributed by atoms with Gasteiger partial charge >= 0.3 is 0 Å². The summed E-state index contributed by atoms with van der Waals surface area (Å²) in [5.74, 6) is 0.951. The minimum Gasteiger partial charge on any atom is -0.315 e. The highest BCUT2D eigenvalue weighted by atomic mass is 15.2. The van der Waals surface area contributed by atoms with Crippen LogP contribution < -0.4 is 5.32 Å². The second-order valence-corrected chi connectivity index (χ2v) is 8.09. The Morgan fingerprint density at radius 1 is 1.00 bits per heavy atom. The monoisotopic (exact) mass is 294 g/mol. The fraction of sp³-hybridized carbons (Fsp3) is 1.00. The van der Waals surface area contributed by atoms with Gasteiger partial charge in [0, 0.05) is 18.6 Å². The molecule has 0 amide bonds. The van der Waals surface area contributed by atoms with Gasteiger partial charge in [-0.15, -0.1) is 0 Å². The van der Waals surface area contributed by atoms with E-state index < -0.39 is 0 Å². The number of hydrogen-bond acceptors (Lipinski definition) is 2. The van der Waals surface area contributed by atoms with Crippen LogP contribution in [0.5, 0.6) is 0 Å². The molecule has 2 heteroatoms. The molecule has 1 unspecified atom stereocenters. The maximum Gasteiger partial charge on any atom is 0.0224 e. The Morgan fingerprint density at radius 3 is 2.24 bits per heavy atom. The summed E-state index contributed by atoms with van der Waals surface area (Å²) in [6.45, 7) is 13.4. The van der Waals surface area contributed by atoms with Gasteiger partial charge in [0.2, 0.25) is 0 Å². The van der Waals surface area contributed by atoms with E-state index in [0.29, 0.717) is 5.41 Å². The lowest BCUT2D eigenvalue weighted by Crippen LogP contribution is -2.52. The van der Waals surface area contributed by atoms with Gasteiger partial charge in [-0.1, -0.05) is 34.1 Å². The predicted octanol–water partition coefficient (Wildman–Crippen LogP) is 4.45. The molecule has 0 spiro atoms. The lowest BCUT2D eigenvalue weighted by Gasteiger charge is -2.45. The molecule has 0 aromatic rings. The summed E-state index contributed by atoms with van der Waals surface area (Å²) in [7, 11) is 0. The first kappa shape index (κ1) is 17.3. The Bertz CT molecular complexity index is 286. The molecule has 2 nitrogen and oxygen atoms in total. The van der Waals surface area contributed by atoms with Crippen LogP contribution >= 0.6 is 0 Å². The SMILES string of the molecule is CCCN(C1CCC(C(C)(C)CC)CC1)C1CCCNC1. The summed E-state index contributed by atoms with van der Waals surface area (Å²) in [6, 6.07) is 1.66. The Labute approximate surface area is 133 Å². The van der Waals surface area contributed by atoms with Gasteiger partial charge in [-0.25, -0.2) is 0 Å². The third kappa shape index (κ3) is 4.45. The zero-order chi connectivity index (χ0) is 15.3. The average Bonchev–Trinajstić information content (AvgIpc) is 2.53. The van der Waals surface area contributed by atoms with Gasteiger partial charge in [0.25, 0.3) is 0 Å². The molecule has 2 fully saturated rings. The second kappa shape index (κ2) is 7.97. The highest BCUT2D eigenvalue weighted by molar-refractivity contribution is 4.89. The van der Waals surface area contributed by atoms with Crippen molar-refractivity contribution < 1.29 is 0 Å². The van der Waals surface area contributed by atoms with Gasteiger partial charge in [-0.3, -0.25) is 4.90 Å². The third-order valence-electron chi connectivity index (χ3n) is 6.40. The first-order valence-electron chi connectivity index (χ1n) is 9.55. The van der Waals surface area contributed by atoms with Crippen LogP contribution in [0.25, 0.3) is 0 Å². The summed E-state index contributed by atoms with van der Waals surface area (Å²) < 4.78 is 0. The molecule has 21 heavy (non-hydrogen) atoms. The summed E-state index contributed by atoms with van der Waals surface area (Å²) in [4.78, 5) is 2.88. The van der Waals surface area contributed by atoms with Gasteiger partial charge < -0.3 is 5.32 Å². The number of rotatable bonds is 6. The highest BCUT2D eigenvalue weighted by Crippen LogP contribution is 2.41. The second-order valence-electron chi connectivity index (χ2n) is 8.09. The van der Waals surface area contributed by atoms with Crippen molar-refractivity contribution in [3.05, 3.63) is 0 Å². The van der Waals surface area contributed by atoms with Crippen LogP contribution in [0, 0.1) is 11.3 Å². The topological polar surface area (TPSA) is 15.3 Å². The summed E-state index contributed by atoms with van der Waals surface area (Å²) in [5.41, 5.74) is 0.549. The van der Waals surface area contributed by atoms with Crippen molar-refractivity contribution in [1.82, 2.24) is 10.2 Å². The minimum absolute atomic E-state index is 0.549. The molecule has 1 N–H and O–H groups in total. The van der Waals surface area contributed by atoms with Gasteiger partial charge in [-0.2, -0.15) is 0 Å². The molecule has 0 bridgehead atoms. The molecular formula is C19H38N2. The molecule has 1 heterocycles. The van der Waals surface area contributed by atoms with Crippen molar-refractivity contribution >= 4 is 0 Å². The number of nitrogens with zero attached hydrogens (tertiary/aromatic N) is 1. The zero-order valence-corrected chi connectivity index (χ0v) is 15.0. The van der Waals surface area contributed by atoms with E-state index in [9.17, 15) is 0 Å². The van der Waals surface area contributed by atoms with Crippen LogP contribution in [0.15, 0.2) is 0 Å². The molecule has 1 aliphatic heterocycles. The van der Waals surface area contributed by atoms with Crippen molar-refractivity contribution in [1.29, 1.82) is 0 Å². The van der Waals surface area contributed by atoms with E-state index in [1.54, 1.807) is 0 Å². The van der Waals surface area contributed by atoms with Crippen LogP contribution in [0.3, 0.4) is 0 Å². The van der Waals surface area contributed by atoms with E-state index in [1.165, 1.54) is 71.0 Å². The van der Waals surface area contributed by atoms with Crippen LogP contribution in [0.1, 0.15) is 79.1 Å². The van der Waals surface area contributed by atoms with Gasteiger partial charge in [0.1, 0.15) is 0 Å². The largest absolute Gasteiger partial charge is 0.315 e. The maximum absolute atomic E-state index is 3.61. The van der Waals surface area contributed by atoms with Gasteiger partial charge in [0.05, 0.1) is 0 Å². The van der Waals surface area contributed by atoms with Crippen LogP contribution in [-0.2, 0) is 0 Å². The van der Waals surface area contributed by atoms with Crippen LogP contribution in [0.2, 0.25) is 0 Å². The van der Waals surface area contributed by atoms with Gasteiger partial charge in [-0.05, 0) is 69.4 Å². The van der Waals surface area contributed by atoms with Crippen LogP contribution in [0.4, 0.5) is 0 Å². The van der Waals surface area contributed by atoms with E-state index in [4.69, 9.17) is 0 Å². The van der Waals surface area contributed by atoms with Crippen LogP contribution in [-0.4, -0.2) is 36.6 Å². The van der Waals surface area contributed by atoms with Crippen molar-refractivity contribution in [2.24, 2.45) is 11.3 Å². The number of piperidine rings is 1. The number of nitrogens with one attached hydrogen (secondary N) is 1. The zero-order valence-electron chi connectivity index (χ0n) is 15.0. The average molecular weight is 295 g/mol. The summed E-state index contributed by atoms with van der Waals surface area (Å²) >= 11 is 0. The smallest absolute Gasteiger partial charge is 0.0224 e. The molecule has 0 aromatic carbocycles.